The van der Waals surface area contributed by atoms with Gasteiger partial charge in [-0.1, -0.05) is 42.1 Å². The maximum atomic E-state index is 12.3. The Morgan fingerprint density at radius 1 is 1.00 bits per heavy atom. The summed E-state index contributed by atoms with van der Waals surface area (Å²) in [5.74, 6) is 1.23. The van der Waals surface area contributed by atoms with Gasteiger partial charge in [-0.25, -0.2) is 18.4 Å². The number of aromatic nitrogens is 2. The maximum absolute atomic E-state index is 12.3. The summed E-state index contributed by atoms with van der Waals surface area (Å²) in [6.45, 7) is 2.77. The predicted molar refractivity (Wildman–Crippen MR) is 103 cm³/mol. The quantitative estimate of drug-likeness (QED) is 0.504. The molecule has 0 unspecified atom stereocenters. The van der Waals surface area contributed by atoms with Crippen molar-refractivity contribution in [1.29, 1.82) is 0 Å². The van der Waals surface area contributed by atoms with Gasteiger partial charge >= 0.3 is 0 Å². The minimum atomic E-state index is -3.29. The summed E-state index contributed by atoms with van der Waals surface area (Å²) in [6.07, 6.45) is 0. The first-order valence-corrected chi connectivity index (χ1v) is 10.6. The molecule has 7 heteroatoms. The molecule has 2 aromatic carbocycles. The Hall–Kier alpha value is -2.12. The molecule has 1 N–H and O–H groups in total. The van der Waals surface area contributed by atoms with Gasteiger partial charge in [0.25, 0.3) is 0 Å². The van der Waals surface area contributed by atoms with Crippen LogP contribution >= 0.6 is 11.8 Å². The maximum Gasteiger partial charge on any atom is 0.190 e. The van der Waals surface area contributed by atoms with Crippen LogP contribution in [0.2, 0.25) is 0 Å². The zero-order valence-corrected chi connectivity index (χ0v) is 15.5. The summed E-state index contributed by atoms with van der Waals surface area (Å²) in [5.41, 5.74) is 0.849. The van der Waals surface area contributed by atoms with Crippen LogP contribution in [0.5, 0.6) is 0 Å². The topological polar surface area (TPSA) is 72.0 Å². The Morgan fingerprint density at radius 2 is 1.72 bits per heavy atom. The standard InChI is InChI=1S/C18H19N3O2S2/c1-2-19-17-15-10-6-7-11-16(15)20-18(21-17)24-12-13-25(22,23)14-8-4-3-5-9-14/h3-11H,2,12-13H2,1H3,(H,19,20,21). The fourth-order valence-electron chi connectivity index (χ4n) is 2.41. The summed E-state index contributed by atoms with van der Waals surface area (Å²) in [6, 6.07) is 16.3. The SMILES string of the molecule is CCNc1nc(SCCS(=O)(=O)c2ccccc2)nc2ccccc12. The molecule has 0 saturated heterocycles. The van der Waals surface area contributed by atoms with Crippen molar-refractivity contribution in [2.75, 3.05) is 23.4 Å². The minimum absolute atomic E-state index is 0.0500. The molecule has 1 heterocycles. The average Bonchev–Trinajstić information content (AvgIpc) is 2.63. The molecule has 5 nitrogen and oxygen atoms in total. The second-order valence-corrected chi connectivity index (χ2v) is 8.55. The zero-order chi connectivity index (χ0) is 17.7. The van der Waals surface area contributed by atoms with Crippen LogP contribution in [0, 0.1) is 0 Å². The van der Waals surface area contributed by atoms with E-state index in [0.717, 1.165) is 23.3 Å². The van der Waals surface area contributed by atoms with Gasteiger partial charge in [0.2, 0.25) is 0 Å². The molecule has 3 aromatic rings. The first-order valence-electron chi connectivity index (χ1n) is 8.01. The molecule has 3 rings (SSSR count). The Bertz CT molecular complexity index is 960. The van der Waals surface area contributed by atoms with E-state index < -0.39 is 9.84 Å². The molecular weight excluding hydrogens is 354 g/mol. The molecule has 0 atom stereocenters. The highest BCUT2D eigenvalue weighted by Gasteiger charge is 2.14. The van der Waals surface area contributed by atoms with Crippen LogP contribution in [0.3, 0.4) is 0 Å². The molecule has 0 fully saturated rings. The summed E-state index contributed by atoms with van der Waals surface area (Å²) in [5, 5.41) is 4.79. The second kappa shape index (κ2) is 7.84. The normalized spacial score (nSPS) is 11.6. The lowest BCUT2D eigenvalue weighted by Gasteiger charge is -2.09. The van der Waals surface area contributed by atoms with Crippen LogP contribution < -0.4 is 5.32 Å². The molecule has 0 aliphatic heterocycles. The third-order valence-corrected chi connectivity index (χ3v) is 6.45. The molecular formula is C18H19N3O2S2. The van der Waals surface area contributed by atoms with Gasteiger partial charge in [-0.3, -0.25) is 0 Å². The van der Waals surface area contributed by atoms with Crippen molar-refractivity contribution in [3.05, 3.63) is 54.6 Å². The molecule has 25 heavy (non-hydrogen) atoms. The van der Waals surface area contributed by atoms with Crippen LogP contribution in [0.25, 0.3) is 10.9 Å². The molecule has 0 bridgehead atoms. The molecule has 0 amide bonds. The minimum Gasteiger partial charge on any atom is -0.370 e. The molecule has 0 aliphatic rings. The first kappa shape index (κ1) is 17.7. The Labute approximate surface area is 151 Å². The summed E-state index contributed by atoms with van der Waals surface area (Å²) < 4.78 is 24.7. The molecule has 0 spiro atoms. The smallest absolute Gasteiger partial charge is 0.190 e. The number of benzene rings is 2. The summed E-state index contributed by atoms with van der Waals surface area (Å²) >= 11 is 1.36. The monoisotopic (exact) mass is 373 g/mol. The number of anilines is 1. The van der Waals surface area contributed by atoms with Crippen molar-refractivity contribution < 1.29 is 8.42 Å². The van der Waals surface area contributed by atoms with Gasteiger partial charge in [-0.2, -0.15) is 0 Å². The lowest BCUT2D eigenvalue weighted by atomic mass is 10.2. The Morgan fingerprint density at radius 3 is 2.48 bits per heavy atom. The van der Waals surface area contributed by atoms with Gasteiger partial charge < -0.3 is 5.32 Å². The van der Waals surface area contributed by atoms with E-state index in [9.17, 15) is 8.42 Å². The van der Waals surface area contributed by atoms with Crippen molar-refractivity contribution in [3.63, 3.8) is 0 Å². The van der Waals surface area contributed by atoms with Gasteiger partial charge in [0.05, 0.1) is 16.2 Å². The third kappa shape index (κ3) is 4.29. The molecule has 130 valence electrons. The molecule has 0 aliphatic carbocycles. The van der Waals surface area contributed by atoms with Gasteiger partial charge in [0, 0.05) is 17.7 Å². The fourth-order valence-corrected chi connectivity index (χ4v) is 4.93. The number of nitrogens with one attached hydrogen (secondary N) is 1. The lowest BCUT2D eigenvalue weighted by molar-refractivity contribution is 0.597. The van der Waals surface area contributed by atoms with Crippen LogP contribution in [0.1, 0.15) is 6.92 Å². The van der Waals surface area contributed by atoms with Crippen LogP contribution in [-0.4, -0.2) is 36.4 Å². The highest BCUT2D eigenvalue weighted by atomic mass is 32.2. The zero-order valence-electron chi connectivity index (χ0n) is 13.8. The van der Waals surface area contributed by atoms with Gasteiger partial charge in [0.1, 0.15) is 5.82 Å². The van der Waals surface area contributed by atoms with Crippen molar-refractivity contribution in [2.45, 2.75) is 17.0 Å². The highest BCUT2D eigenvalue weighted by Crippen LogP contribution is 2.24. The van der Waals surface area contributed by atoms with Gasteiger partial charge in [-0.15, -0.1) is 0 Å². The number of nitrogens with zero attached hydrogens (tertiary/aromatic N) is 2. The largest absolute Gasteiger partial charge is 0.370 e. The predicted octanol–water partition coefficient (Wildman–Crippen LogP) is 3.63. The fraction of sp³-hybridized carbons (Fsp3) is 0.222. The summed E-state index contributed by atoms with van der Waals surface area (Å²) in [4.78, 5) is 9.41. The third-order valence-electron chi connectivity index (χ3n) is 3.61. The second-order valence-electron chi connectivity index (χ2n) is 5.38. The average molecular weight is 374 g/mol. The van der Waals surface area contributed by atoms with Crippen LogP contribution in [0.4, 0.5) is 5.82 Å². The molecule has 0 radical (unpaired) electrons. The van der Waals surface area contributed by atoms with Crippen LogP contribution in [0.15, 0.2) is 64.6 Å². The van der Waals surface area contributed by atoms with Crippen molar-refractivity contribution in [3.8, 4) is 0 Å². The van der Waals surface area contributed by atoms with Crippen molar-refractivity contribution >= 4 is 38.3 Å². The number of hydrogen-bond donors (Lipinski definition) is 1. The summed E-state index contributed by atoms with van der Waals surface area (Å²) in [7, 11) is -3.29. The van der Waals surface area contributed by atoms with Gasteiger partial charge in [0.15, 0.2) is 15.0 Å². The highest BCUT2D eigenvalue weighted by molar-refractivity contribution is 8.00. The molecule has 0 saturated carbocycles. The van der Waals surface area contributed by atoms with E-state index in [1.54, 1.807) is 30.3 Å². The van der Waals surface area contributed by atoms with E-state index in [0.29, 0.717) is 15.8 Å². The Balaban J connectivity index is 1.75. The van der Waals surface area contributed by atoms with Crippen molar-refractivity contribution in [2.24, 2.45) is 0 Å². The number of rotatable bonds is 7. The number of sulfone groups is 1. The number of thioether (sulfide) groups is 1. The Kier molecular flexibility index (Phi) is 5.55. The van der Waals surface area contributed by atoms with Gasteiger partial charge in [-0.05, 0) is 31.2 Å². The molecule has 1 aromatic heterocycles. The van der Waals surface area contributed by atoms with Crippen molar-refractivity contribution in [1.82, 2.24) is 9.97 Å². The number of para-hydroxylation sites is 1. The van der Waals surface area contributed by atoms with E-state index in [4.69, 9.17) is 0 Å². The number of fused-ring (bicyclic) bond motifs is 1. The first-order chi connectivity index (χ1) is 12.1. The van der Waals surface area contributed by atoms with E-state index in [1.165, 1.54) is 11.8 Å². The van der Waals surface area contributed by atoms with E-state index in [2.05, 4.69) is 15.3 Å². The van der Waals surface area contributed by atoms with E-state index >= 15 is 0 Å². The van der Waals surface area contributed by atoms with E-state index in [-0.39, 0.29) is 5.75 Å². The van der Waals surface area contributed by atoms with E-state index in [1.807, 2.05) is 31.2 Å². The number of hydrogen-bond acceptors (Lipinski definition) is 6. The van der Waals surface area contributed by atoms with Crippen LogP contribution in [-0.2, 0) is 9.84 Å². The lowest BCUT2D eigenvalue weighted by Crippen LogP contribution is -2.09.